The monoisotopic (exact) mass is 367 g/mol. The van der Waals surface area contributed by atoms with Gasteiger partial charge in [0.05, 0.1) is 0 Å². The van der Waals surface area contributed by atoms with Crippen molar-refractivity contribution in [1.29, 1.82) is 0 Å². The van der Waals surface area contributed by atoms with Gasteiger partial charge in [0.2, 0.25) is 5.91 Å². The quantitative estimate of drug-likeness (QED) is 0.858. The Bertz CT molecular complexity index is 619. The Morgan fingerprint density at radius 1 is 1.32 bits per heavy atom. The largest absolute Gasteiger partial charge is 0.333 e. The fourth-order valence-corrected chi connectivity index (χ4v) is 3.02. The Morgan fingerprint density at radius 2 is 2.00 bits per heavy atom. The van der Waals surface area contributed by atoms with Gasteiger partial charge in [-0.05, 0) is 50.5 Å². The highest BCUT2D eigenvalue weighted by atomic mass is 35.5. The molecule has 2 unspecified atom stereocenters. The predicted molar refractivity (Wildman–Crippen MR) is 104 cm³/mol. The van der Waals surface area contributed by atoms with E-state index >= 15 is 0 Å². The molecule has 1 saturated heterocycles. The van der Waals surface area contributed by atoms with Crippen LogP contribution in [-0.2, 0) is 4.79 Å². The van der Waals surface area contributed by atoms with E-state index in [-0.39, 0.29) is 30.3 Å². The van der Waals surface area contributed by atoms with Crippen LogP contribution in [0.1, 0.15) is 50.0 Å². The molecule has 1 aliphatic heterocycles. The highest BCUT2D eigenvalue weighted by molar-refractivity contribution is 5.96. The Morgan fingerprint density at radius 3 is 2.60 bits per heavy atom. The Hall–Kier alpha value is -1.59. The second-order valence-electron chi connectivity index (χ2n) is 7.16. The Balaban J connectivity index is 0.00000312. The van der Waals surface area contributed by atoms with Crippen molar-refractivity contribution in [3.05, 3.63) is 29.3 Å². The molecule has 1 fully saturated rings. The minimum absolute atomic E-state index is 0. The van der Waals surface area contributed by atoms with Crippen molar-refractivity contribution in [3.8, 4) is 0 Å². The zero-order valence-corrected chi connectivity index (χ0v) is 16.6. The van der Waals surface area contributed by atoms with E-state index in [4.69, 9.17) is 0 Å². The molecule has 0 saturated carbocycles. The number of nitrogens with zero attached hydrogens (tertiary/aromatic N) is 1. The summed E-state index contributed by atoms with van der Waals surface area (Å²) in [6, 6.07) is 5.96. The maximum absolute atomic E-state index is 12.8. The van der Waals surface area contributed by atoms with Crippen molar-refractivity contribution >= 4 is 29.9 Å². The molecule has 0 aromatic heterocycles. The van der Waals surface area contributed by atoms with Crippen LogP contribution in [0.2, 0.25) is 0 Å². The summed E-state index contributed by atoms with van der Waals surface area (Å²) in [4.78, 5) is 26.6. The first-order chi connectivity index (χ1) is 11.3. The van der Waals surface area contributed by atoms with Gasteiger partial charge < -0.3 is 15.5 Å². The lowest BCUT2D eigenvalue weighted by Crippen LogP contribution is -2.57. The van der Waals surface area contributed by atoms with Crippen molar-refractivity contribution < 1.29 is 9.59 Å². The molecule has 1 heterocycles. The molecule has 2 N–H and O–H groups in total. The number of benzene rings is 1. The number of piperazine rings is 1. The first-order valence-corrected chi connectivity index (χ1v) is 8.74. The van der Waals surface area contributed by atoms with Crippen LogP contribution in [0.25, 0.3) is 0 Å². The lowest BCUT2D eigenvalue weighted by Gasteiger charge is -2.38. The topological polar surface area (TPSA) is 61.4 Å². The van der Waals surface area contributed by atoms with Gasteiger partial charge in [-0.3, -0.25) is 9.59 Å². The molecule has 2 rings (SSSR count). The van der Waals surface area contributed by atoms with Crippen LogP contribution in [-0.4, -0.2) is 41.9 Å². The minimum Gasteiger partial charge on any atom is -0.333 e. The van der Waals surface area contributed by atoms with Gasteiger partial charge in [0.1, 0.15) is 0 Å². The zero-order chi connectivity index (χ0) is 17.9. The van der Waals surface area contributed by atoms with Crippen molar-refractivity contribution in [3.63, 3.8) is 0 Å². The van der Waals surface area contributed by atoms with Crippen LogP contribution in [0.3, 0.4) is 0 Å². The normalized spacial score (nSPS) is 20.2. The maximum Gasteiger partial charge on any atom is 0.254 e. The average molecular weight is 368 g/mol. The molecule has 6 heteroatoms. The van der Waals surface area contributed by atoms with E-state index in [0.29, 0.717) is 23.9 Å². The van der Waals surface area contributed by atoms with E-state index in [2.05, 4.69) is 24.5 Å². The van der Waals surface area contributed by atoms with Gasteiger partial charge in [0.15, 0.2) is 0 Å². The second-order valence-corrected chi connectivity index (χ2v) is 7.16. The molecular weight excluding hydrogens is 338 g/mol. The fraction of sp³-hybridized carbons (Fsp3) is 0.579. The molecule has 0 spiro atoms. The van der Waals surface area contributed by atoms with Gasteiger partial charge in [0.25, 0.3) is 5.91 Å². The average Bonchev–Trinajstić information content (AvgIpc) is 2.50. The number of rotatable bonds is 4. The summed E-state index contributed by atoms with van der Waals surface area (Å²) in [5.74, 6) is 0.387. The zero-order valence-electron chi connectivity index (χ0n) is 15.8. The molecule has 1 aromatic carbocycles. The molecule has 140 valence electrons. The highest BCUT2D eigenvalue weighted by Gasteiger charge is 2.28. The standard InChI is InChI=1S/C19H29N3O2.ClH/c1-12(2)10-18(23)21-17-7-6-16(11-13(17)3)19(24)22-9-8-20-14(4)15(22)5;/h6-7,11-12,14-15,20H,8-10H2,1-5H3,(H,21,23);1H. The summed E-state index contributed by atoms with van der Waals surface area (Å²) < 4.78 is 0. The summed E-state index contributed by atoms with van der Waals surface area (Å²) in [6.07, 6.45) is 0.496. The number of hydrogen-bond acceptors (Lipinski definition) is 3. The van der Waals surface area contributed by atoms with Crippen molar-refractivity contribution in [2.75, 3.05) is 18.4 Å². The molecule has 1 aliphatic rings. The molecule has 0 bridgehead atoms. The fourth-order valence-electron chi connectivity index (χ4n) is 3.02. The van der Waals surface area contributed by atoms with Crippen LogP contribution >= 0.6 is 12.4 Å². The van der Waals surface area contributed by atoms with Crippen LogP contribution in [0, 0.1) is 12.8 Å². The number of halogens is 1. The minimum atomic E-state index is 0. The predicted octanol–water partition coefficient (Wildman–Crippen LogP) is 3.22. The van der Waals surface area contributed by atoms with Crippen molar-refractivity contribution in [2.24, 2.45) is 5.92 Å². The van der Waals surface area contributed by atoms with E-state index < -0.39 is 0 Å². The van der Waals surface area contributed by atoms with Gasteiger partial charge in [-0.2, -0.15) is 0 Å². The summed E-state index contributed by atoms with van der Waals surface area (Å²) >= 11 is 0. The second kappa shape index (κ2) is 9.20. The van der Waals surface area contributed by atoms with Crippen LogP contribution in [0.5, 0.6) is 0 Å². The number of carbonyl (C=O) groups is 2. The lowest BCUT2D eigenvalue weighted by molar-refractivity contribution is -0.116. The molecule has 25 heavy (non-hydrogen) atoms. The number of nitrogens with one attached hydrogen (secondary N) is 2. The molecular formula is C19H30ClN3O2. The Kier molecular flexibility index (Phi) is 7.90. The molecule has 2 atom stereocenters. The van der Waals surface area contributed by atoms with E-state index in [1.807, 2.05) is 37.8 Å². The highest BCUT2D eigenvalue weighted by Crippen LogP contribution is 2.20. The molecule has 5 nitrogen and oxygen atoms in total. The van der Waals surface area contributed by atoms with Crippen LogP contribution in [0.15, 0.2) is 18.2 Å². The summed E-state index contributed by atoms with van der Waals surface area (Å²) in [6.45, 7) is 11.7. The smallest absolute Gasteiger partial charge is 0.254 e. The van der Waals surface area contributed by atoms with Gasteiger partial charge in [0, 0.05) is 42.8 Å². The van der Waals surface area contributed by atoms with Gasteiger partial charge in [-0.15, -0.1) is 12.4 Å². The van der Waals surface area contributed by atoms with Crippen molar-refractivity contribution in [1.82, 2.24) is 10.2 Å². The molecule has 0 aliphatic carbocycles. The first-order valence-electron chi connectivity index (χ1n) is 8.74. The number of aryl methyl sites for hydroxylation is 1. The lowest BCUT2D eigenvalue weighted by atomic mass is 10.0. The van der Waals surface area contributed by atoms with Gasteiger partial charge >= 0.3 is 0 Å². The van der Waals surface area contributed by atoms with Crippen molar-refractivity contribution in [2.45, 2.75) is 53.1 Å². The van der Waals surface area contributed by atoms with E-state index in [9.17, 15) is 9.59 Å². The number of carbonyl (C=O) groups excluding carboxylic acids is 2. The number of anilines is 1. The first kappa shape index (κ1) is 21.5. The third kappa shape index (κ3) is 5.44. The van der Waals surface area contributed by atoms with Crippen LogP contribution < -0.4 is 10.6 Å². The van der Waals surface area contributed by atoms with E-state index in [0.717, 1.165) is 24.3 Å². The number of amides is 2. The summed E-state index contributed by atoms with van der Waals surface area (Å²) in [7, 11) is 0. The SMILES string of the molecule is Cc1cc(C(=O)N2CCNC(C)C2C)ccc1NC(=O)CC(C)C.Cl. The van der Waals surface area contributed by atoms with E-state index in [1.165, 1.54) is 0 Å². The third-order valence-corrected chi connectivity index (χ3v) is 4.64. The molecule has 1 aromatic rings. The Labute approximate surface area is 157 Å². The van der Waals surface area contributed by atoms with Gasteiger partial charge in [-0.25, -0.2) is 0 Å². The molecule has 0 radical (unpaired) electrons. The summed E-state index contributed by atoms with van der Waals surface area (Å²) in [5, 5.41) is 6.31. The maximum atomic E-state index is 12.8. The summed E-state index contributed by atoms with van der Waals surface area (Å²) in [5.41, 5.74) is 2.36. The van der Waals surface area contributed by atoms with E-state index in [1.54, 1.807) is 6.07 Å². The molecule has 2 amide bonds. The number of hydrogen-bond donors (Lipinski definition) is 2. The van der Waals surface area contributed by atoms with Gasteiger partial charge in [-0.1, -0.05) is 13.8 Å². The van der Waals surface area contributed by atoms with Crippen LogP contribution in [0.4, 0.5) is 5.69 Å². The third-order valence-electron chi connectivity index (χ3n) is 4.64.